The lowest BCUT2D eigenvalue weighted by atomic mass is 10.1. The van der Waals surface area contributed by atoms with Gasteiger partial charge >= 0.3 is 0 Å². The molecule has 41 heavy (non-hydrogen) atoms. The number of aromatic nitrogens is 1. The highest BCUT2D eigenvalue weighted by molar-refractivity contribution is 8.00. The van der Waals surface area contributed by atoms with Crippen LogP contribution in [0, 0.1) is 5.82 Å². The molecule has 0 radical (unpaired) electrons. The SMILES string of the molecule is O=C(CSc1cccc(NC(=O)/C(=C/c2ccccc2F)NC(=O)c2ccccc2)c1)Nc1nc2ccccc2s1. The summed E-state index contributed by atoms with van der Waals surface area (Å²) in [4.78, 5) is 43.7. The number of hydrogen-bond acceptors (Lipinski definition) is 6. The standard InChI is InChI=1S/C31H23FN4O3S2/c32-24-14-5-4-11-21(24)17-26(34-29(38)20-9-2-1-3-10-20)30(39)33-22-12-8-13-23(18-22)40-19-28(37)36-31-35-25-15-6-7-16-27(25)41-31/h1-18H,19H2,(H,33,39)(H,34,38)(H,35,36,37)/b26-17-. The molecule has 4 aromatic carbocycles. The molecule has 0 spiro atoms. The first-order chi connectivity index (χ1) is 19.9. The number of para-hydroxylation sites is 1. The number of benzene rings is 4. The molecule has 0 aliphatic carbocycles. The number of thiazole rings is 1. The van der Waals surface area contributed by atoms with Crippen LogP contribution in [0.3, 0.4) is 0 Å². The number of amides is 3. The molecule has 3 N–H and O–H groups in total. The predicted molar refractivity (Wildman–Crippen MR) is 162 cm³/mol. The number of nitrogens with one attached hydrogen (secondary N) is 3. The zero-order valence-electron chi connectivity index (χ0n) is 21.5. The molecule has 5 aromatic rings. The van der Waals surface area contributed by atoms with Gasteiger partial charge in [-0.3, -0.25) is 14.4 Å². The van der Waals surface area contributed by atoms with Crippen LogP contribution in [0.25, 0.3) is 16.3 Å². The van der Waals surface area contributed by atoms with E-state index in [1.54, 1.807) is 54.6 Å². The second kappa shape index (κ2) is 13.0. The van der Waals surface area contributed by atoms with E-state index >= 15 is 0 Å². The quantitative estimate of drug-likeness (QED) is 0.135. The molecule has 10 heteroatoms. The number of carbonyl (C=O) groups is 3. The van der Waals surface area contributed by atoms with Gasteiger partial charge in [0.1, 0.15) is 11.5 Å². The first-order valence-corrected chi connectivity index (χ1v) is 14.3. The Labute approximate surface area is 243 Å². The molecule has 0 aliphatic rings. The molecule has 1 aromatic heterocycles. The minimum atomic E-state index is -0.631. The molecule has 204 valence electrons. The van der Waals surface area contributed by atoms with Crippen LogP contribution < -0.4 is 16.0 Å². The monoisotopic (exact) mass is 582 g/mol. The minimum Gasteiger partial charge on any atom is -0.321 e. The second-order valence-electron chi connectivity index (χ2n) is 8.71. The number of nitrogens with zero attached hydrogens (tertiary/aromatic N) is 1. The Balaban J connectivity index is 1.26. The molecule has 0 saturated heterocycles. The van der Waals surface area contributed by atoms with Crippen LogP contribution in [0.15, 0.2) is 114 Å². The summed E-state index contributed by atoms with van der Waals surface area (Å²) in [6, 6.07) is 29.0. The van der Waals surface area contributed by atoms with E-state index in [-0.39, 0.29) is 22.9 Å². The van der Waals surface area contributed by atoms with E-state index in [4.69, 9.17) is 0 Å². The molecular formula is C31H23FN4O3S2. The first kappa shape index (κ1) is 27.8. The van der Waals surface area contributed by atoms with Crippen molar-refractivity contribution < 1.29 is 18.8 Å². The third-order valence-corrected chi connectivity index (χ3v) is 7.68. The van der Waals surface area contributed by atoms with Crippen LogP contribution in [0.5, 0.6) is 0 Å². The minimum absolute atomic E-state index is 0.128. The van der Waals surface area contributed by atoms with Crippen LogP contribution in [0.1, 0.15) is 15.9 Å². The number of fused-ring (bicyclic) bond motifs is 1. The highest BCUT2D eigenvalue weighted by Crippen LogP contribution is 2.26. The number of thioether (sulfide) groups is 1. The Hall–Kier alpha value is -4.80. The van der Waals surface area contributed by atoms with Gasteiger partial charge in [0.2, 0.25) is 5.91 Å². The van der Waals surface area contributed by atoms with Crippen LogP contribution in [0.4, 0.5) is 15.2 Å². The zero-order chi connectivity index (χ0) is 28.6. The number of rotatable bonds is 9. The predicted octanol–water partition coefficient (Wildman–Crippen LogP) is 6.58. The van der Waals surface area contributed by atoms with Gasteiger partial charge in [0.15, 0.2) is 5.13 Å². The smallest absolute Gasteiger partial charge is 0.272 e. The molecular weight excluding hydrogens is 559 g/mol. The van der Waals surface area contributed by atoms with E-state index < -0.39 is 17.6 Å². The Kier molecular flexibility index (Phi) is 8.82. The summed E-state index contributed by atoms with van der Waals surface area (Å²) in [6.07, 6.45) is 1.29. The van der Waals surface area contributed by atoms with E-state index in [2.05, 4.69) is 20.9 Å². The third-order valence-electron chi connectivity index (χ3n) is 5.74. The van der Waals surface area contributed by atoms with Gasteiger partial charge in [-0.15, -0.1) is 11.8 Å². The van der Waals surface area contributed by atoms with Gasteiger partial charge in [-0.25, -0.2) is 9.37 Å². The fourth-order valence-electron chi connectivity index (χ4n) is 3.78. The summed E-state index contributed by atoms with van der Waals surface area (Å²) in [5.41, 5.74) is 1.64. The number of hydrogen-bond donors (Lipinski definition) is 3. The molecule has 0 bridgehead atoms. The lowest BCUT2D eigenvalue weighted by Crippen LogP contribution is -2.30. The van der Waals surface area contributed by atoms with Crippen LogP contribution >= 0.6 is 23.1 Å². The summed E-state index contributed by atoms with van der Waals surface area (Å²) in [5, 5.41) is 8.71. The van der Waals surface area contributed by atoms with Gasteiger partial charge in [0.05, 0.1) is 16.0 Å². The Morgan fingerprint density at radius 2 is 1.61 bits per heavy atom. The fourth-order valence-corrected chi connectivity index (χ4v) is 5.42. The Morgan fingerprint density at radius 3 is 2.41 bits per heavy atom. The average molecular weight is 583 g/mol. The van der Waals surface area contributed by atoms with E-state index in [0.29, 0.717) is 16.4 Å². The van der Waals surface area contributed by atoms with Gasteiger partial charge in [-0.2, -0.15) is 0 Å². The van der Waals surface area contributed by atoms with Crippen LogP contribution in [-0.2, 0) is 9.59 Å². The van der Waals surface area contributed by atoms with E-state index in [1.165, 1.54) is 47.4 Å². The molecule has 0 unspecified atom stereocenters. The summed E-state index contributed by atoms with van der Waals surface area (Å²) in [7, 11) is 0. The Morgan fingerprint density at radius 1 is 0.854 bits per heavy atom. The fraction of sp³-hybridized carbons (Fsp3) is 0.0323. The molecule has 1 heterocycles. The van der Waals surface area contributed by atoms with Gasteiger partial charge in [-0.1, -0.05) is 65.9 Å². The van der Waals surface area contributed by atoms with Crippen molar-refractivity contribution in [1.29, 1.82) is 0 Å². The molecule has 0 atom stereocenters. The molecule has 0 fully saturated rings. The molecule has 0 aliphatic heterocycles. The highest BCUT2D eigenvalue weighted by atomic mass is 32.2. The van der Waals surface area contributed by atoms with Crippen molar-refractivity contribution in [3.05, 3.63) is 126 Å². The van der Waals surface area contributed by atoms with Gasteiger partial charge in [0, 0.05) is 21.7 Å². The lowest BCUT2D eigenvalue weighted by Gasteiger charge is -2.12. The lowest BCUT2D eigenvalue weighted by molar-refractivity contribution is -0.114. The first-order valence-electron chi connectivity index (χ1n) is 12.5. The van der Waals surface area contributed by atoms with E-state index in [0.717, 1.165) is 15.1 Å². The van der Waals surface area contributed by atoms with E-state index in [1.807, 2.05) is 30.3 Å². The van der Waals surface area contributed by atoms with Crippen molar-refractivity contribution in [3.63, 3.8) is 0 Å². The van der Waals surface area contributed by atoms with Gasteiger partial charge in [0.25, 0.3) is 11.8 Å². The molecule has 7 nitrogen and oxygen atoms in total. The molecule has 5 rings (SSSR count). The van der Waals surface area contributed by atoms with Crippen molar-refractivity contribution in [3.8, 4) is 0 Å². The third kappa shape index (κ3) is 7.44. The van der Waals surface area contributed by atoms with Crippen molar-refractivity contribution in [2.24, 2.45) is 0 Å². The van der Waals surface area contributed by atoms with Crippen molar-refractivity contribution in [2.45, 2.75) is 4.90 Å². The zero-order valence-corrected chi connectivity index (χ0v) is 23.1. The van der Waals surface area contributed by atoms with Crippen molar-refractivity contribution in [1.82, 2.24) is 10.3 Å². The summed E-state index contributed by atoms with van der Waals surface area (Å²) in [6.45, 7) is 0. The van der Waals surface area contributed by atoms with E-state index in [9.17, 15) is 18.8 Å². The maximum atomic E-state index is 14.4. The normalized spacial score (nSPS) is 11.2. The number of anilines is 2. The topological polar surface area (TPSA) is 100 Å². The van der Waals surface area contributed by atoms with Crippen molar-refractivity contribution >= 4 is 67.9 Å². The molecule has 0 saturated carbocycles. The van der Waals surface area contributed by atoms with Crippen LogP contribution in [-0.4, -0.2) is 28.5 Å². The van der Waals surface area contributed by atoms with Crippen molar-refractivity contribution in [2.75, 3.05) is 16.4 Å². The summed E-state index contributed by atoms with van der Waals surface area (Å²) >= 11 is 2.70. The maximum Gasteiger partial charge on any atom is 0.272 e. The maximum absolute atomic E-state index is 14.4. The largest absolute Gasteiger partial charge is 0.321 e. The second-order valence-corrected chi connectivity index (χ2v) is 10.8. The van der Waals surface area contributed by atoms with Gasteiger partial charge < -0.3 is 16.0 Å². The van der Waals surface area contributed by atoms with Crippen LogP contribution in [0.2, 0.25) is 0 Å². The number of carbonyl (C=O) groups excluding carboxylic acids is 3. The summed E-state index contributed by atoms with van der Waals surface area (Å²) < 4.78 is 15.4. The number of halogens is 1. The van der Waals surface area contributed by atoms with Gasteiger partial charge in [-0.05, 0) is 54.6 Å². The average Bonchev–Trinajstić information content (AvgIpc) is 3.39. The highest BCUT2D eigenvalue weighted by Gasteiger charge is 2.16. The molecule has 3 amide bonds. The Bertz CT molecular complexity index is 1720. The summed E-state index contributed by atoms with van der Waals surface area (Å²) in [5.74, 6) is -1.74.